The van der Waals surface area contributed by atoms with E-state index in [0.29, 0.717) is 23.0 Å². The fourth-order valence-electron chi connectivity index (χ4n) is 3.44. The van der Waals surface area contributed by atoms with Crippen molar-refractivity contribution >= 4 is 22.5 Å². The molecule has 1 atom stereocenters. The number of carbonyl (C=O) groups is 1. The Labute approximate surface area is 137 Å². The number of nitrogens with zero attached hydrogens (tertiary/aromatic N) is 2. The SMILES string of the molecule is O=C(c1c[nH]c2cc([N+](=O)[O-])ccc12)N1CCCC1c1ccc[nH]1. The number of non-ortho nitro benzene ring substituents is 1. The molecule has 3 aromatic rings. The molecule has 2 aromatic heterocycles. The van der Waals surface area contributed by atoms with Crippen LogP contribution in [0.4, 0.5) is 5.69 Å². The van der Waals surface area contributed by atoms with Gasteiger partial charge in [-0.2, -0.15) is 0 Å². The van der Waals surface area contributed by atoms with Crippen LogP contribution in [-0.4, -0.2) is 32.2 Å². The number of nitrogens with one attached hydrogen (secondary N) is 2. The number of H-pyrrole nitrogens is 2. The Balaban J connectivity index is 1.69. The van der Waals surface area contributed by atoms with E-state index in [1.54, 1.807) is 12.3 Å². The summed E-state index contributed by atoms with van der Waals surface area (Å²) in [7, 11) is 0. The summed E-state index contributed by atoms with van der Waals surface area (Å²) < 4.78 is 0. The summed E-state index contributed by atoms with van der Waals surface area (Å²) in [5.41, 5.74) is 2.20. The molecule has 1 aromatic carbocycles. The Hall–Kier alpha value is -3.09. The van der Waals surface area contributed by atoms with Crippen molar-refractivity contribution in [3.63, 3.8) is 0 Å². The monoisotopic (exact) mass is 324 g/mol. The minimum absolute atomic E-state index is 0.00813. The van der Waals surface area contributed by atoms with E-state index >= 15 is 0 Å². The van der Waals surface area contributed by atoms with Gasteiger partial charge in [0.05, 0.1) is 22.0 Å². The zero-order valence-corrected chi connectivity index (χ0v) is 12.9. The molecule has 1 unspecified atom stereocenters. The topological polar surface area (TPSA) is 95.0 Å². The van der Waals surface area contributed by atoms with Gasteiger partial charge in [-0.25, -0.2) is 0 Å². The van der Waals surface area contributed by atoms with Gasteiger partial charge in [0.2, 0.25) is 0 Å². The van der Waals surface area contributed by atoms with Crippen molar-refractivity contribution in [2.75, 3.05) is 6.54 Å². The molecule has 2 N–H and O–H groups in total. The minimum atomic E-state index is -0.441. The molecule has 3 heterocycles. The zero-order valence-electron chi connectivity index (χ0n) is 12.9. The molecule has 7 nitrogen and oxygen atoms in total. The molecule has 4 rings (SSSR count). The molecule has 0 aliphatic carbocycles. The Bertz CT molecular complexity index is 913. The maximum atomic E-state index is 13.0. The number of carbonyl (C=O) groups excluding carboxylic acids is 1. The fourth-order valence-corrected chi connectivity index (χ4v) is 3.44. The number of rotatable bonds is 3. The van der Waals surface area contributed by atoms with E-state index in [2.05, 4.69) is 9.97 Å². The third-order valence-electron chi connectivity index (χ3n) is 4.60. The summed E-state index contributed by atoms with van der Waals surface area (Å²) in [6.45, 7) is 0.710. The molecule has 0 bridgehead atoms. The zero-order chi connectivity index (χ0) is 16.7. The van der Waals surface area contributed by atoms with Crippen molar-refractivity contribution in [1.29, 1.82) is 0 Å². The number of aromatic nitrogens is 2. The van der Waals surface area contributed by atoms with Crippen LogP contribution in [0.25, 0.3) is 10.9 Å². The first kappa shape index (κ1) is 14.5. The van der Waals surface area contributed by atoms with Gasteiger partial charge in [0, 0.05) is 42.2 Å². The molecule has 1 aliphatic heterocycles. The number of fused-ring (bicyclic) bond motifs is 1. The van der Waals surface area contributed by atoms with Gasteiger partial charge in [0.15, 0.2) is 0 Å². The largest absolute Gasteiger partial charge is 0.363 e. The van der Waals surface area contributed by atoms with Crippen LogP contribution in [0.15, 0.2) is 42.7 Å². The maximum absolute atomic E-state index is 13.0. The molecule has 0 radical (unpaired) electrons. The van der Waals surface area contributed by atoms with Gasteiger partial charge in [-0.3, -0.25) is 14.9 Å². The number of hydrogen-bond donors (Lipinski definition) is 2. The molecule has 1 aliphatic rings. The van der Waals surface area contributed by atoms with E-state index in [9.17, 15) is 14.9 Å². The Morgan fingerprint density at radius 2 is 2.17 bits per heavy atom. The number of benzene rings is 1. The average Bonchev–Trinajstić information content (AvgIpc) is 3.31. The van der Waals surface area contributed by atoms with Gasteiger partial charge in [0.25, 0.3) is 11.6 Å². The van der Waals surface area contributed by atoms with Gasteiger partial charge in [-0.1, -0.05) is 0 Å². The lowest BCUT2D eigenvalue weighted by Crippen LogP contribution is -2.30. The average molecular weight is 324 g/mol. The van der Waals surface area contributed by atoms with Crippen LogP contribution in [0.3, 0.4) is 0 Å². The lowest BCUT2D eigenvalue weighted by Gasteiger charge is -2.23. The first-order valence-electron chi connectivity index (χ1n) is 7.85. The van der Waals surface area contributed by atoms with Crippen LogP contribution < -0.4 is 0 Å². The first-order valence-corrected chi connectivity index (χ1v) is 7.85. The molecule has 1 fully saturated rings. The normalized spacial score (nSPS) is 17.5. The van der Waals surface area contributed by atoms with Crippen LogP contribution in [0.2, 0.25) is 0 Å². The van der Waals surface area contributed by atoms with E-state index in [1.807, 2.05) is 23.2 Å². The summed E-state index contributed by atoms with van der Waals surface area (Å²) in [5, 5.41) is 11.6. The molecule has 24 heavy (non-hydrogen) atoms. The van der Waals surface area contributed by atoms with Crippen molar-refractivity contribution in [2.45, 2.75) is 18.9 Å². The van der Waals surface area contributed by atoms with Gasteiger partial charge >= 0.3 is 0 Å². The molecule has 122 valence electrons. The minimum Gasteiger partial charge on any atom is -0.363 e. The molecule has 0 spiro atoms. The predicted octanol–water partition coefficient (Wildman–Crippen LogP) is 3.38. The van der Waals surface area contributed by atoms with Crippen molar-refractivity contribution in [3.05, 3.63) is 64.1 Å². The van der Waals surface area contributed by atoms with Crippen molar-refractivity contribution in [1.82, 2.24) is 14.9 Å². The van der Waals surface area contributed by atoms with Gasteiger partial charge < -0.3 is 14.9 Å². The third kappa shape index (κ3) is 2.25. The quantitative estimate of drug-likeness (QED) is 0.571. The number of likely N-dealkylation sites (tertiary alicyclic amines) is 1. The third-order valence-corrected chi connectivity index (χ3v) is 4.60. The highest BCUT2D eigenvalue weighted by Gasteiger charge is 2.32. The van der Waals surface area contributed by atoms with E-state index in [-0.39, 0.29) is 17.6 Å². The van der Waals surface area contributed by atoms with Gasteiger partial charge in [0.1, 0.15) is 0 Å². The molecule has 7 heteroatoms. The van der Waals surface area contributed by atoms with Crippen molar-refractivity contribution in [3.8, 4) is 0 Å². The highest BCUT2D eigenvalue weighted by Crippen LogP contribution is 2.33. The molecule has 1 amide bonds. The fraction of sp³-hybridized carbons (Fsp3) is 0.235. The number of amides is 1. The molecule has 1 saturated heterocycles. The summed E-state index contributed by atoms with van der Waals surface area (Å²) in [6, 6.07) is 8.50. The van der Waals surface area contributed by atoms with Crippen LogP contribution >= 0.6 is 0 Å². The second kappa shape index (κ2) is 5.52. The molecular weight excluding hydrogens is 308 g/mol. The van der Waals surface area contributed by atoms with E-state index in [1.165, 1.54) is 12.1 Å². The van der Waals surface area contributed by atoms with E-state index in [0.717, 1.165) is 18.5 Å². The summed E-state index contributed by atoms with van der Waals surface area (Å²) in [6.07, 6.45) is 5.39. The second-order valence-electron chi connectivity index (χ2n) is 5.97. The van der Waals surface area contributed by atoms with E-state index < -0.39 is 4.92 Å². The van der Waals surface area contributed by atoms with Crippen LogP contribution in [0.5, 0.6) is 0 Å². The van der Waals surface area contributed by atoms with Gasteiger partial charge in [-0.05, 0) is 31.0 Å². The van der Waals surface area contributed by atoms with Crippen LogP contribution in [0.1, 0.15) is 34.9 Å². The number of hydrogen-bond acceptors (Lipinski definition) is 3. The number of aromatic amines is 2. The second-order valence-corrected chi connectivity index (χ2v) is 5.97. The van der Waals surface area contributed by atoms with Crippen molar-refractivity contribution < 1.29 is 9.72 Å². The predicted molar refractivity (Wildman–Crippen MR) is 88.8 cm³/mol. The lowest BCUT2D eigenvalue weighted by molar-refractivity contribution is -0.384. The highest BCUT2D eigenvalue weighted by atomic mass is 16.6. The summed E-state index contributed by atoms with van der Waals surface area (Å²) in [4.78, 5) is 31.5. The Kier molecular flexibility index (Phi) is 3.34. The molecular formula is C17H16N4O3. The standard InChI is InChI=1S/C17H16N4O3/c22-17(20-8-2-4-16(20)14-3-1-7-18-14)13-10-19-15-9-11(21(23)24)5-6-12(13)15/h1,3,5-7,9-10,16,18-19H,2,4,8H2. The number of nitro groups is 1. The lowest BCUT2D eigenvalue weighted by atomic mass is 10.1. The summed E-state index contributed by atoms with van der Waals surface area (Å²) >= 11 is 0. The smallest absolute Gasteiger partial charge is 0.271 e. The highest BCUT2D eigenvalue weighted by molar-refractivity contribution is 6.07. The van der Waals surface area contributed by atoms with Crippen LogP contribution in [-0.2, 0) is 0 Å². The Morgan fingerprint density at radius 3 is 2.92 bits per heavy atom. The van der Waals surface area contributed by atoms with Crippen LogP contribution in [0, 0.1) is 10.1 Å². The summed E-state index contributed by atoms with van der Waals surface area (Å²) in [5.74, 6) is -0.0489. The number of nitro benzene ring substituents is 1. The van der Waals surface area contributed by atoms with Crippen molar-refractivity contribution in [2.24, 2.45) is 0 Å². The van der Waals surface area contributed by atoms with E-state index in [4.69, 9.17) is 0 Å². The molecule has 0 saturated carbocycles. The Morgan fingerprint density at radius 1 is 1.29 bits per heavy atom. The first-order chi connectivity index (χ1) is 11.6. The van der Waals surface area contributed by atoms with Gasteiger partial charge in [-0.15, -0.1) is 0 Å². The maximum Gasteiger partial charge on any atom is 0.271 e.